The molecule has 1 saturated heterocycles. The van der Waals surface area contributed by atoms with Crippen molar-refractivity contribution in [2.75, 3.05) is 18.8 Å². The Morgan fingerprint density at radius 3 is 2.73 bits per heavy atom. The van der Waals surface area contributed by atoms with Crippen molar-refractivity contribution in [3.8, 4) is 0 Å². The lowest BCUT2D eigenvalue weighted by Crippen LogP contribution is -2.28. The van der Waals surface area contributed by atoms with Gasteiger partial charge in [-0.15, -0.1) is 12.6 Å². The number of benzene rings is 1. The van der Waals surface area contributed by atoms with Gasteiger partial charge in [0, 0.05) is 10.6 Å². The molecule has 82 valence electrons. The van der Waals surface area contributed by atoms with Gasteiger partial charge in [-0.05, 0) is 56.0 Å². The molecule has 1 aromatic carbocycles. The molecule has 1 heterocycles. The van der Waals surface area contributed by atoms with Gasteiger partial charge in [0.2, 0.25) is 0 Å². The molecule has 0 aromatic heterocycles. The summed E-state index contributed by atoms with van der Waals surface area (Å²) in [6.07, 6.45) is 3.73. The van der Waals surface area contributed by atoms with Crippen LogP contribution in [-0.4, -0.2) is 13.1 Å². The van der Waals surface area contributed by atoms with E-state index in [1.807, 2.05) is 6.07 Å². The van der Waals surface area contributed by atoms with E-state index >= 15 is 0 Å². The van der Waals surface area contributed by atoms with Crippen LogP contribution in [0.3, 0.4) is 0 Å². The first-order chi connectivity index (χ1) is 7.25. The Labute approximate surface area is 96.7 Å². The molecule has 0 saturated carbocycles. The second-order valence-corrected chi connectivity index (χ2v) is 4.77. The number of nitrogens with one attached hydrogen (secondary N) is 1. The molecule has 0 aliphatic carbocycles. The summed E-state index contributed by atoms with van der Waals surface area (Å²) in [5.74, 6) is 0.822. The van der Waals surface area contributed by atoms with Crippen molar-refractivity contribution in [2.45, 2.75) is 24.2 Å². The predicted octanol–water partition coefficient (Wildman–Crippen LogP) is 2.10. The molecule has 1 fully saturated rings. The molecule has 1 aliphatic heterocycles. The van der Waals surface area contributed by atoms with Crippen molar-refractivity contribution in [2.24, 2.45) is 5.92 Å². The van der Waals surface area contributed by atoms with Gasteiger partial charge >= 0.3 is 0 Å². The molecule has 2 nitrogen and oxygen atoms in total. The molecule has 1 aromatic rings. The van der Waals surface area contributed by atoms with Crippen LogP contribution >= 0.6 is 12.6 Å². The van der Waals surface area contributed by atoms with Crippen molar-refractivity contribution in [1.82, 2.24) is 5.32 Å². The highest BCUT2D eigenvalue weighted by Crippen LogP contribution is 2.22. The summed E-state index contributed by atoms with van der Waals surface area (Å²) in [6.45, 7) is 2.32. The number of thiol groups is 1. The number of hydrogen-bond donors (Lipinski definition) is 3. The Bertz CT molecular complexity index is 332. The maximum Gasteiger partial charge on any atom is 0.0449 e. The zero-order valence-electron chi connectivity index (χ0n) is 8.87. The highest BCUT2D eigenvalue weighted by atomic mass is 32.1. The molecule has 0 amide bonds. The number of nitrogen functional groups attached to an aromatic ring is 1. The van der Waals surface area contributed by atoms with Gasteiger partial charge in [0.1, 0.15) is 0 Å². The van der Waals surface area contributed by atoms with Crippen LogP contribution in [-0.2, 0) is 6.42 Å². The third-order valence-electron chi connectivity index (χ3n) is 3.08. The molecule has 2 rings (SSSR count). The number of piperidine rings is 1. The van der Waals surface area contributed by atoms with Crippen LogP contribution in [0.25, 0.3) is 0 Å². The topological polar surface area (TPSA) is 38.0 Å². The van der Waals surface area contributed by atoms with Crippen LogP contribution in [0.4, 0.5) is 5.69 Å². The minimum absolute atomic E-state index is 0.771. The first kappa shape index (κ1) is 10.8. The highest BCUT2D eigenvalue weighted by Gasteiger charge is 2.13. The largest absolute Gasteiger partial charge is 0.398 e. The van der Waals surface area contributed by atoms with Crippen molar-refractivity contribution in [1.29, 1.82) is 0 Å². The minimum atomic E-state index is 0.771. The first-order valence-electron chi connectivity index (χ1n) is 5.54. The monoisotopic (exact) mass is 222 g/mol. The van der Waals surface area contributed by atoms with Crippen LogP contribution in [0.1, 0.15) is 18.4 Å². The summed E-state index contributed by atoms with van der Waals surface area (Å²) in [4.78, 5) is 0.904. The van der Waals surface area contributed by atoms with Crippen LogP contribution in [0.5, 0.6) is 0 Å². The fraction of sp³-hybridized carbons (Fsp3) is 0.500. The summed E-state index contributed by atoms with van der Waals surface area (Å²) < 4.78 is 0. The van der Waals surface area contributed by atoms with Crippen LogP contribution < -0.4 is 11.1 Å². The van der Waals surface area contributed by atoms with E-state index in [0.717, 1.165) is 36.0 Å². The number of anilines is 1. The van der Waals surface area contributed by atoms with Crippen LogP contribution in [0.15, 0.2) is 23.1 Å². The molecule has 1 aliphatic rings. The van der Waals surface area contributed by atoms with Gasteiger partial charge in [-0.3, -0.25) is 0 Å². The summed E-state index contributed by atoms with van der Waals surface area (Å²) in [5.41, 5.74) is 7.87. The minimum Gasteiger partial charge on any atom is -0.398 e. The van der Waals surface area contributed by atoms with Crippen LogP contribution in [0.2, 0.25) is 0 Å². The quantitative estimate of drug-likeness (QED) is 0.529. The summed E-state index contributed by atoms with van der Waals surface area (Å²) in [7, 11) is 0. The van der Waals surface area contributed by atoms with Crippen molar-refractivity contribution in [3.63, 3.8) is 0 Å². The van der Waals surface area contributed by atoms with Crippen molar-refractivity contribution >= 4 is 18.3 Å². The highest BCUT2D eigenvalue weighted by molar-refractivity contribution is 7.80. The average Bonchev–Trinajstić information content (AvgIpc) is 2.25. The van der Waals surface area contributed by atoms with Crippen LogP contribution in [0, 0.1) is 5.92 Å². The smallest absolute Gasteiger partial charge is 0.0449 e. The molecule has 0 unspecified atom stereocenters. The standard InChI is InChI=1S/C12H18N2S/c13-11-2-1-10(8-12(11)15)7-9-3-5-14-6-4-9/h1-2,8-9,14-15H,3-7,13H2. The third kappa shape index (κ3) is 2.89. The second-order valence-electron chi connectivity index (χ2n) is 4.29. The zero-order chi connectivity index (χ0) is 10.7. The van der Waals surface area contributed by atoms with E-state index in [1.54, 1.807) is 0 Å². The molecule has 0 bridgehead atoms. The molecular weight excluding hydrogens is 204 g/mol. The maximum absolute atomic E-state index is 5.74. The van der Waals surface area contributed by atoms with Gasteiger partial charge in [0.25, 0.3) is 0 Å². The van der Waals surface area contributed by atoms with E-state index in [9.17, 15) is 0 Å². The fourth-order valence-corrected chi connectivity index (χ4v) is 2.38. The SMILES string of the molecule is Nc1ccc(CC2CCNCC2)cc1S. The Morgan fingerprint density at radius 2 is 2.07 bits per heavy atom. The van der Waals surface area contributed by atoms with Crippen molar-refractivity contribution in [3.05, 3.63) is 23.8 Å². The van der Waals surface area contributed by atoms with E-state index < -0.39 is 0 Å². The Hall–Kier alpha value is -0.670. The molecule has 0 spiro atoms. The van der Waals surface area contributed by atoms with E-state index in [1.165, 1.54) is 18.4 Å². The lowest BCUT2D eigenvalue weighted by Gasteiger charge is -2.22. The zero-order valence-corrected chi connectivity index (χ0v) is 9.76. The molecule has 15 heavy (non-hydrogen) atoms. The molecule has 3 N–H and O–H groups in total. The molecule has 0 atom stereocenters. The molecule has 0 radical (unpaired) electrons. The Kier molecular flexibility index (Phi) is 3.54. The van der Waals surface area contributed by atoms with Gasteiger partial charge in [-0.1, -0.05) is 6.07 Å². The Morgan fingerprint density at radius 1 is 1.33 bits per heavy atom. The number of rotatable bonds is 2. The van der Waals surface area contributed by atoms with Gasteiger partial charge < -0.3 is 11.1 Å². The van der Waals surface area contributed by atoms with E-state index in [0.29, 0.717) is 0 Å². The first-order valence-corrected chi connectivity index (χ1v) is 5.98. The summed E-state index contributed by atoms with van der Waals surface area (Å²) in [6, 6.07) is 6.18. The average molecular weight is 222 g/mol. The van der Waals surface area contributed by atoms with Gasteiger partial charge in [-0.25, -0.2) is 0 Å². The summed E-state index contributed by atoms with van der Waals surface area (Å²) >= 11 is 4.35. The van der Waals surface area contributed by atoms with E-state index in [4.69, 9.17) is 5.73 Å². The van der Waals surface area contributed by atoms with Gasteiger partial charge in [-0.2, -0.15) is 0 Å². The second kappa shape index (κ2) is 4.90. The Balaban J connectivity index is 2.00. The predicted molar refractivity (Wildman–Crippen MR) is 67.4 cm³/mol. The van der Waals surface area contributed by atoms with E-state index in [-0.39, 0.29) is 0 Å². The summed E-state index contributed by atoms with van der Waals surface area (Å²) in [5, 5.41) is 3.39. The molecule has 3 heteroatoms. The van der Waals surface area contributed by atoms with Gasteiger partial charge in [0.15, 0.2) is 0 Å². The fourth-order valence-electron chi connectivity index (χ4n) is 2.14. The number of hydrogen-bond acceptors (Lipinski definition) is 3. The van der Waals surface area contributed by atoms with Gasteiger partial charge in [0.05, 0.1) is 0 Å². The lowest BCUT2D eigenvalue weighted by molar-refractivity contribution is 0.372. The normalized spacial score (nSPS) is 17.9. The van der Waals surface area contributed by atoms with E-state index in [2.05, 4.69) is 30.1 Å². The lowest BCUT2D eigenvalue weighted by atomic mass is 9.91. The maximum atomic E-state index is 5.74. The molecular formula is C12H18N2S. The van der Waals surface area contributed by atoms with Crippen molar-refractivity contribution < 1.29 is 0 Å². The third-order valence-corrected chi connectivity index (χ3v) is 3.47. The number of nitrogens with two attached hydrogens (primary N) is 1.